The number of hydrogen-bond donors (Lipinski definition) is 2. The Kier molecular flexibility index (Phi) is 7.20. The Morgan fingerprint density at radius 2 is 1.97 bits per heavy atom. The van der Waals surface area contributed by atoms with E-state index in [4.69, 9.17) is 11.6 Å². The summed E-state index contributed by atoms with van der Waals surface area (Å²) in [6.45, 7) is 3.51. The van der Waals surface area contributed by atoms with E-state index >= 15 is 0 Å². The fraction of sp³-hybridized carbons (Fsp3) is 0.526. The van der Waals surface area contributed by atoms with Crippen LogP contribution in [-0.2, 0) is 16.4 Å². The SMILES string of the molecule is CCCCC1(Cc2ccc(S(=O)(=O)N(C)C(C)c3nnn[nH]3)cc2)N=C(Cl)C(CO)=N1. The smallest absolute Gasteiger partial charge is 0.243 e. The molecule has 0 aliphatic carbocycles. The maximum atomic E-state index is 13.0. The summed E-state index contributed by atoms with van der Waals surface area (Å²) < 4.78 is 27.2. The summed E-state index contributed by atoms with van der Waals surface area (Å²) in [4.78, 5) is 9.27. The van der Waals surface area contributed by atoms with Crippen LogP contribution in [0.15, 0.2) is 39.1 Å². The number of H-pyrrole nitrogens is 1. The zero-order valence-corrected chi connectivity index (χ0v) is 19.2. The van der Waals surface area contributed by atoms with Crippen molar-refractivity contribution in [3.05, 3.63) is 35.7 Å². The highest BCUT2D eigenvalue weighted by Crippen LogP contribution is 2.32. The van der Waals surface area contributed by atoms with Crippen LogP contribution in [0.1, 0.15) is 50.5 Å². The highest BCUT2D eigenvalue weighted by Gasteiger charge is 2.35. The fourth-order valence-corrected chi connectivity index (χ4v) is 4.99. The third-order valence-electron chi connectivity index (χ3n) is 5.36. The van der Waals surface area contributed by atoms with Gasteiger partial charge in [0.05, 0.1) is 17.5 Å². The zero-order valence-electron chi connectivity index (χ0n) is 17.7. The number of nitrogens with one attached hydrogen (secondary N) is 1. The van der Waals surface area contributed by atoms with Gasteiger partial charge in [-0.25, -0.2) is 18.5 Å². The van der Waals surface area contributed by atoms with Gasteiger partial charge in [0.15, 0.2) is 11.5 Å². The molecule has 1 aromatic carbocycles. The first-order chi connectivity index (χ1) is 14.7. The van der Waals surface area contributed by atoms with Gasteiger partial charge in [-0.3, -0.25) is 4.99 Å². The number of aliphatic imine (C=N–C) groups is 2. The summed E-state index contributed by atoms with van der Waals surface area (Å²) in [5.41, 5.74) is 0.492. The van der Waals surface area contributed by atoms with E-state index in [1.165, 1.54) is 11.4 Å². The molecule has 0 amide bonds. The summed E-state index contributed by atoms with van der Waals surface area (Å²) >= 11 is 6.16. The largest absolute Gasteiger partial charge is 0.390 e. The van der Waals surface area contributed by atoms with Gasteiger partial charge in [0.25, 0.3) is 0 Å². The molecule has 0 bridgehead atoms. The first-order valence-electron chi connectivity index (χ1n) is 9.98. The molecule has 2 N–H and O–H groups in total. The summed E-state index contributed by atoms with van der Waals surface area (Å²) in [6.07, 6.45) is 3.03. The molecule has 1 aliphatic rings. The van der Waals surface area contributed by atoms with Gasteiger partial charge in [0, 0.05) is 13.5 Å². The highest BCUT2D eigenvalue weighted by molar-refractivity contribution is 7.89. The van der Waals surface area contributed by atoms with Crippen molar-refractivity contribution in [3.8, 4) is 0 Å². The number of hydrogen-bond acceptors (Lipinski definition) is 8. The minimum absolute atomic E-state index is 0.160. The van der Waals surface area contributed by atoms with Crippen molar-refractivity contribution < 1.29 is 13.5 Å². The van der Waals surface area contributed by atoms with Gasteiger partial charge in [0.1, 0.15) is 10.9 Å². The van der Waals surface area contributed by atoms with Crippen LogP contribution in [0.25, 0.3) is 0 Å². The van der Waals surface area contributed by atoms with Crippen LogP contribution in [0.4, 0.5) is 0 Å². The molecule has 1 aliphatic heterocycles. The average Bonchev–Trinajstić information content (AvgIpc) is 3.40. The maximum absolute atomic E-state index is 13.0. The summed E-state index contributed by atoms with van der Waals surface area (Å²) in [7, 11) is -2.27. The lowest BCUT2D eigenvalue weighted by molar-refractivity contribution is 0.355. The molecule has 0 radical (unpaired) electrons. The molecule has 10 nitrogen and oxygen atoms in total. The van der Waals surface area contributed by atoms with Crippen molar-refractivity contribution >= 4 is 32.5 Å². The highest BCUT2D eigenvalue weighted by atomic mass is 35.5. The molecule has 0 saturated carbocycles. The molecular weight excluding hydrogens is 442 g/mol. The molecule has 2 aromatic rings. The number of tetrazole rings is 1. The molecule has 0 spiro atoms. The number of aliphatic hydroxyl groups excluding tert-OH is 1. The Morgan fingerprint density at radius 1 is 1.26 bits per heavy atom. The average molecular weight is 468 g/mol. The van der Waals surface area contributed by atoms with Gasteiger partial charge < -0.3 is 5.11 Å². The monoisotopic (exact) mass is 467 g/mol. The lowest BCUT2D eigenvalue weighted by atomic mass is 9.95. The molecule has 2 heterocycles. The van der Waals surface area contributed by atoms with Crippen LogP contribution < -0.4 is 0 Å². The second kappa shape index (κ2) is 9.51. The van der Waals surface area contributed by atoms with Crippen molar-refractivity contribution in [2.45, 2.75) is 56.1 Å². The van der Waals surface area contributed by atoms with Crippen molar-refractivity contribution in [2.75, 3.05) is 13.7 Å². The number of benzene rings is 1. The molecule has 168 valence electrons. The number of rotatable bonds is 10. The van der Waals surface area contributed by atoms with Gasteiger partial charge in [0.2, 0.25) is 10.0 Å². The van der Waals surface area contributed by atoms with Crippen molar-refractivity contribution in [1.82, 2.24) is 24.9 Å². The number of aliphatic hydroxyl groups is 1. The number of halogens is 1. The van der Waals surface area contributed by atoms with Crippen LogP contribution in [0.2, 0.25) is 0 Å². The molecule has 31 heavy (non-hydrogen) atoms. The lowest BCUT2D eigenvalue weighted by Gasteiger charge is -2.24. The molecule has 2 unspecified atom stereocenters. The quantitative estimate of drug-likeness (QED) is 0.548. The summed E-state index contributed by atoms with van der Waals surface area (Å²) in [5, 5.41) is 23.1. The normalized spacial score (nSPS) is 20.1. The first-order valence-corrected chi connectivity index (χ1v) is 11.8. The molecule has 12 heteroatoms. The number of unbranched alkanes of at least 4 members (excludes halogenated alkanes) is 1. The Labute approximate surface area is 186 Å². The van der Waals surface area contributed by atoms with E-state index in [1.807, 2.05) is 0 Å². The van der Waals surface area contributed by atoms with E-state index < -0.39 is 21.7 Å². The predicted molar refractivity (Wildman–Crippen MR) is 118 cm³/mol. The lowest BCUT2D eigenvalue weighted by Crippen LogP contribution is -2.30. The van der Waals surface area contributed by atoms with Gasteiger partial charge in [-0.1, -0.05) is 37.1 Å². The minimum Gasteiger partial charge on any atom is -0.390 e. The van der Waals surface area contributed by atoms with Crippen LogP contribution in [0.5, 0.6) is 0 Å². The summed E-state index contributed by atoms with van der Waals surface area (Å²) in [6, 6.07) is 6.09. The summed E-state index contributed by atoms with van der Waals surface area (Å²) in [5.74, 6) is 0.356. The Bertz CT molecular complexity index is 1050. The number of aromatic nitrogens is 4. The predicted octanol–water partition coefficient (Wildman–Crippen LogP) is 2.09. The van der Waals surface area contributed by atoms with Crippen molar-refractivity contribution in [1.29, 1.82) is 0 Å². The van der Waals surface area contributed by atoms with Crippen LogP contribution in [-0.4, -0.2) is 68.7 Å². The third-order valence-corrected chi connectivity index (χ3v) is 7.60. The molecule has 3 rings (SSSR count). The fourth-order valence-electron chi connectivity index (χ4n) is 3.41. The second-order valence-corrected chi connectivity index (χ2v) is 9.87. The number of nitrogens with zero attached hydrogens (tertiary/aromatic N) is 6. The number of aromatic amines is 1. The van der Waals surface area contributed by atoms with Gasteiger partial charge in [-0.15, -0.1) is 5.10 Å². The standard InChI is InChI=1S/C19H26ClN7O3S/c1-4-5-10-19(21-16(12-28)17(20)22-19)11-14-6-8-15(9-7-14)31(29,30)27(3)13(2)18-23-25-26-24-18/h6-9,13,28H,4-5,10-12H2,1-3H3,(H,23,24,25,26). The Balaban J connectivity index is 1.81. The van der Waals surface area contributed by atoms with E-state index in [0.717, 1.165) is 18.4 Å². The van der Waals surface area contributed by atoms with E-state index in [2.05, 4.69) is 37.5 Å². The zero-order chi connectivity index (χ0) is 22.6. The molecule has 1 aromatic heterocycles. The number of sulfonamides is 1. The Hall–Kier alpha value is -2.21. The second-order valence-electron chi connectivity index (χ2n) is 7.51. The first kappa shape index (κ1) is 23.5. The topological polar surface area (TPSA) is 137 Å². The van der Waals surface area contributed by atoms with Gasteiger partial charge >= 0.3 is 0 Å². The van der Waals surface area contributed by atoms with Crippen molar-refractivity contribution in [2.24, 2.45) is 9.98 Å². The van der Waals surface area contributed by atoms with E-state index in [9.17, 15) is 13.5 Å². The van der Waals surface area contributed by atoms with Gasteiger partial charge in [-0.2, -0.15) is 4.31 Å². The van der Waals surface area contributed by atoms with E-state index in [-0.39, 0.29) is 16.7 Å². The molecule has 0 fully saturated rings. The van der Waals surface area contributed by atoms with E-state index in [1.54, 1.807) is 31.2 Å². The van der Waals surface area contributed by atoms with Crippen LogP contribution >= 0.6 is 11.6 Å². The molecule has 2 atom stereocenters. The van der Waals surface area contributed by atoms with E-state index in [0.29, 0.717) is 24.4 Å². The maximum Gasteiger partial charge on any atom is 0.243 e. The van der Waals surface area contributed by atoms with Crippen LogP contribution in [0.3, 0.4) is 0 Å². The molecular formula is C19H26ClN7O3S. The Morgan fingerprint density at radius 3 is 2.52 bits per heavy atom. The van der Waals surface area contributed by atoms with Crippen LogP contribution in [0, 0.1) is 0 Å². The van der Waals surface area contributed by atoms with Crippen molar-refractivity contribution in [3.63, 3.8) is 0 Å². The molecule has 0 saturated heterocycles. The third kappa shape index (κ3) is 5.00. The minimum atomic E-state index is -3.75. The van der Waals surface area contributed by atoms with Gasteiger partial charge in [-0.05, 0) is 47.9 Å².